The third-order valence-electron chi connectivity index (χ3n) is 6.55. The first-order valence-corrected chi connectivity index (χ1v) is 16.5. The Morgan fingerprint density at radius 3 is 1.66 bits per heavy atom. The van der Waals surface area contributed by atoms with Gasteiger partial charge in [0, 0.05) is 13.0 Å². The number of esters is 1. The molecule has 4 heteroatoms. The van der Waals surface area contributed by atoms with Gasteiger partial charge in [0.2, 0.25) is 0 Å². The van der Waals surface area contributed by atoms with Gasteiger partial charge in [-0.05, 0) is 64.2 Å². The van der Waals surface area contributed by atoms with Crippen molar-refractivity contribution in [2.75, 3.05) is 19.8 Å². The van der Waals surface area contributed by atoms with Gasteiger partial charge in [0.05, 0.1) is 13.2 Å². The quantitative estimate of drug-likeness (QED) is 0.0552. The highest BCUT2D eigenvalue weighted by molar-refractivity contribution is 5.69. The van der Waals surface area contributed by atoms with Crippen LogP contribution in [0.1, 0.15) is 129 Å². The van der Waals surface area contributed by atoms with Crippen molar-refractivity contribution < 1.29 is 19.4 Å². The average Bonchev–Trinajstić information content (AvgIpc) is 2.98. The van der Waals surface area contributed by atoms with E-state index in [0.717, 1.165) is 77.0 Å². The molecule has 1 unspecified atom stereocenters. The van der Waals surface area contributed by atoms with Gasteiger partial charge in [-0.1, -0.05) is 132 Å². The average molecular weight is 571 g/mol. The molecule has 1 N–H and O–H groups in total. The second-order valence-electron chi connectivity index (χ2n) is 10.5. The molecule has 0 aromatic carbocycles. The standard InChI is InChI=1S/C37H62O4/c1-3-5-7-9-11-12-13-14-15-16-17-18-19-20-21-22-23-24-25-26-27-28-30-32-37(39)41-36(34-38)35-40-33-31-29-10-8-6-4-2/h5,7,11-12,14-15,17-18,20-21,23-24,36,38H,3-4,6,8-10,13,16,19,22,25-35H2,1-2H3/b7-5-,12-11-,15-14-,18-17-,21-20-,24-23-. The van der Waals surface area contributed by atoms with Crippen molar-refractivity contribution in [1.29, 1.82) is 0 Å². The largest absolute Gasteiger partial charge is 0.457 e. The zero-order chi connectivity index (χ0) is 29.9. The van der Waals surface area contributed by atoms with Gasteiger partial charge in [-0.3, -0.25) is 4.79 Å². The van der Waals surface area contributed by atoms with Crippen LogP contribution in [0.4, 0.5) is 0 Å². The SMILES string of the molecule is CC/C=C\C/C=C\C/C=C\C/C=C\C/C=C\C/C=C\CCCCCCC(=O)OC(CO)COCCCCCCCC. The lowest BCUT2D eigenvalue weighted by Crippen LogP contribution is -2.27. The van der Waals surface area contributed by atoms with Gasteiger partial charge >= 0.3 is 5.97 Å². The maximum absolute atomic E-state index is 12.0. The number of aliphatic hydroxyl groups excluding tert-OH is 1. The first kappa shape index (κ1) is 38.8. The van der Waals surface area contributed by atoms with Gasteiger partial charge < -0.3 is 14.6 Å². The molecule has 41 heavy (non-hydrogen) atoms. The van der Waals surface area contributed by atoms with E-state index in [4.69, 9.17) is 9.47 Å². The highest BCUT2D eigenvalue weighted by atomic mass is 16.6. The topological polar surface area (TPSA) is 55.8 Å². The molecule has 234 valence electrons. The molecule has 0 heterocycles. The predicted octanol–water partition coefficient (Wildman–Crippen LogP) is 10.3. The van der Waals surface area contributed by atoms with Gasteiger partial charge in [0.1, 0.15) is 6.10 Å². The van der Waals surface area contributed by atoms with Gasteiger partial charge in [-0.15, -0.1) is 0 Å². The predicted molar refractivity (Wildman–Crippen MR) is 177 cm³/mol. The number of carbonyl (C=O) groups is 1. The van der Waals surface area contributed by atoms with E-state index in [9.17, 15) is 9.90 Å². The van der Waals surface area contributed by atoms with Crippen LogP contribution in [-0.4, -0.2) is 37.0 Å². The van der Waals surface area contributed by atoms with E-state index in [1.165, 1.54) is 32.1 Å². The van der Waals surface area contributed by atoms with Gasteiger partial charge in [0.25, 0.3) is 0 Å². The van der Waals surface area contributed by atoms with Crippen molar-refractivity contribution in [3.63, 3.8) is 0 Å². The van der Waals surface area contributed by atoms with Crippen LogP contribution in [0.15, 0.2) is 72.9 Å². The highest BCUT2D eigenvalue weighted by Crippen LogP contribution is 2.09. The lowest BCUT2D eigenvalue weighted by Gasteiger charge is -2.15. The maximum Gasteiger partial charge on any atom is 0.306 e. The number of carbonyl (C=O) groups excluding carboxylic acids is 1. The molecule has 0 amide bonds. The lowest BCUT2D eigenvalue weighted by atomic mass is 10.1. The number of ether oxygens (including phenoxy) is 2. The summed E-state index contributed by atoms with van der Waals surface area (Å²) in [4.78, 5) is 12.0. The fourth-order valence-corrected chi connectivity index (χ4v) is 4.09. The van der Waals surface area contributed by atoms with Gasteiger partial charge in [0.15, 0.2) is 0 Å². The fourth-order valence-electron chi connectivity index (χ4n) is 4.09. The Kier molecular flexibility index (Phi) is 32.2. The molecule has 0 spiro atoms. The summed E-state index contributed by atoms with van der Waals surface area (Å²) >= 11 is 0. The number of allylic oxidation sites excluding steroid dienone is 12. The van der Waals surface area contributed by atoms with Crippen molar-refractivity contribution in [2.45, 2.75) is 136 Å². The molecule has 0 radical (unpaired) electrons. The second kappa shape index (κ2) is 34.0. The van der Waals surface area contributed by atoms with Crippen LogP contribution in [-0.2, 0) is 14.3 Å². The molecule has 0 aromatic heterocycles. The second-order valence-corrected chi connectivity index (χ2v) is 10.5. The number of aliphatic hydroxyl groups is 1. The third kappa shape index (κ3) is 32.2. The van der Waals surface area contributed by atoms with Crippen LogP contribution in [0.2, 0.25) is 0 Å². The molecular formula is C37H62O4. The summed E-state index contributed by atoms with van der Waals surface area (Å²) in [5.74, 6) is -0.232. The minimum atomic E-state index is -0.546. The summed E-state index contributed by atoms with van der Waals surface area (Å²) in [7, 11) is 0. The normalized spacial score (nSPS) is 13.3. The summed E-state index contributed by atoms with van der Waals surface area (Å²) in [6.45, 7) is 5.13. The Labute approximate surface area is 253 Å². The van der Waals surface area contributed by atoms with Crippen molar-refractivity contribution in [1.82, 2.24) is 0 Å². The first-order valence-electron chi connectivity index (χ1n) is 16.5. The third-order valence-corrected chi connectivity index (χ3v) is 6.55. The van der Waals surface area contributed by atoms with E-state index < -0.39 is 6.10 Å². The van der Waals surface area contributed by atoms with Gasteiger partial charge in [-0.2, -0.15) is 0 Å². The number of unbranched alkanes of at least 4 members (excludes halogenated alkanes) is 9. The number of rotatable bonds is 29. The number of hydrogen-bond donors (Lipinski definition) is 1. The van der Waals surface area contributed by atoms with Crippen LogP contribution in [0, 0.1) is 0 Å². The highest BCUT2D eigenvalue weighted by Gasteiger charge is 2.13. The summed E-state index contributed by atoms with van der Waals surface area (Å²) in [5, 5.41) is 9.46. The first-order chi connectivity index (χ1) is 20.2. The number of hydrogen-bond acceptors (Lipinski definition) is 4. The molecule has 4 nitrogen and oxygen atoms in total. The molecule has 0 bridgehead atoms. The Morgan fingerprint density at radius 2 is 1.10 bits per heavy atom. The van der Waals surface area contributed by atoms with E-state index in [1.54, 1.807) is 0 Å². The molecular weight excluding hydrogens is 508 g/mol. The molecule has 0 fully saturated rings. The van der Waals surface area contributed by atoms with Crippen molar-refractivity contribution in [3.05, 3.63) is 72.9 Å². The monoisotopic (exact) mass is 570 g/mol. The molecule has 0 aromatic rings. The smallest absolute Gasteiger partial charge is 0.306 e. The van der Waals surface area contributed by atoms with Crippen molar-refractivity contribution in [3.8, 4) is 0 Å². The summed E-state index contributed by atoms with van der Waals surface area (Å²) in [5.41, 5.74) is 0. The Bertz CT molecular complexity index is 729. The Hall–Kier alpha value is -2.17. The van der Waals surface area contributed by atoms with E-state index in [2.05, 4.69) is 86.8 Å². The maximum atomic E-state index is 12.0. The van der Waals surface area contributed by atoms with Crippen LogP contribution >= 0.6 is 0 Å². The molecule has 0 rings (SSSR count). The zero-order valence-electron chi connectivity index (χ0n) is 26.5. The van der Waals surface area contributed by atoms with Crippen LogP contribution < -0.4 is 0 Å². The fraction of sp³-hybridized carbons (Fsp3) is 0.649. The Balaban J connectivity index is 3.59. The van der Waals surface area contributed by atoms with E-state index >= 15 is 0 Å². The van der Waals surface area contributed by atoms with Crippen molar-refractivity contribution >= 4 is 5.97 Å². The summed E-state index contributed by atoms with van der Waals surface area (Å²) < 4.78 is 11.0. The summed E-state index contributed by atoms with van der Waals surface area (Å²) in [6, 6.07) is 0. The minimum absolute atomic E-state index is 0.186. The molecule has 0 aliphatic heterocycles. The molecule has 0 aliphatic carbocycles. The lowest BCUT2D eigenvalue weighted by molar-refractivity contribution is -0.154. The van der Waals surface area contributed by atoms with E-state index in [1.807, 2.05) is 0 Å². The van der Waals surface area contributed by atoms with Crippen molar-refractivity contribution in [2.24, 2.45) is 0 Å². The van der Waals surface area contributed by atoms with Crippen LogP contribution in [0.3, 0.4) is 0 Å². The van der Waals surface area contributed by atoms with E-state index in [0.29, 0.717) is 13.0 Å². The van der Waals surface area contributed by atoms with Crippen LogP contribution in [0.5, 0.6) is 0 Å². The van der Waals surface area contributed by atoms with Gasteiger partial charge in [-0.25, -0.2) is 0 Å². The summed E-state index contributed by atoms with van der Waals surface area (Å²) in [6.07, 6.45) is 45.1. The minimum Gasteiger partial charge on any atom is -0.457 e. The van der Waals surface area contributed by atoms with Crippen LogP contribution in [0.25, 0.3) is 0 Å². The van der Waals surface area contributed by atoms with E-state index in [-0.39, 0.29) is 19.2 Å². The molecule has 1 atom stereocenters. The Morgan fingerprint density at radius 1 is 0.610 bits per heavy atom. The zero-order valence-corrected chi connectivity index (χ0v) is 26.5. The molecule has 0 saturated heterocycles. The molecule has 0 saturated carbocycles. The molecule has 0 aliphatic rings.